The molecular weight excluding hydrogens is 229 g/mol. The number of hydrogen-bond acceptors (Lipinski definition) is 3. The summed E-state index contributed by atoms with van der Waals surface area (Å²) in [4.78, 5) is 8.06. The van der Waals surface area contributed by atoms with Gasteiger partial charge in [0.25, 0.3) is 0 Å². The summed E-state index contributed by atoms with van der Waals surface area (Å²) in [6.45, 7) is 0.725. The van der Waals surface area contributed by atoms with Gasteiger partial charge in [-0.1, -0.05) is 6.07 Å². The number of hydrogen-bond donors (Lipinski definition) is 1. The van der Waals surface area contributed by atoms with Gasteiger partial charge in [0, 0.05) is 30.5 Å². The molecule has 0 radical (unpaired) electrons. The fraction of sp³-hybridized carbons (Fsp3) is 0.286. The van der Waals surface area contributed by atoms with Crippen molar-refractivity contribution in [2.45, 2.75) is 25.4 Å². The zero-order valence-electron chi connectivity index (χ0n) is 9.94. The Morgan fingerprint density at radius 1 is 1.28 bits per heavy atom. The summed E-state index contributed by atoms with van der Waals surface area (Å²) >= 11 is 0. The molecule has 0 bridgehead atoms. The molecule has 92 valence electrons. The highest BCUT2D eigenvalue weighted by Gasteiger charge is 2.20. The van der Waals surface area contributed by atoms with E-state index in [1.54, 1.807) is 30.7 Å². The van der Waals surface area contributed by atoms with Crippen molar-refractivity contribution in [3.05, 3.63) is 48.2 Å². The maximum atomic E-state index is 14.0. The van der Waals surface area contributed by atoms with E-state index in [-0.39, 0.29) is 5.82 Å². The van der Waals surface area contributed by atoms with E-state index in [4.69, 9.17) is 0 Å². The van der Waals surface area contributed by atoms with Gasteiger partial charge in [0.2, 0.25) is 0 Å². The molecule has 3 rings (SSSR count). The van der Waals surface area contributed by atoms with Crippen LogP contribution in [0.5, 0.6) is 0 Å². The van der Waals surface area contributed by atoms with Crippen LogP contribution >= 0.6 is 0 Å². The molecule has 1 aliphatic carbocycles. The Kier molecular flexibility index (Phi) is 3.02. The van der Waals surface area contributed by atoms with E-state index in [0.29, 0.717) is 17.3 Å². The third-order valence-electron chi connectivity index (χ3n) is 3.04. The summed E-state index contributed by atoms with van der Waals surface area (Å²) in [5.41, 5.74) is 2.03. The summed E-state index contributed by atoms with van der Waals surface area (Å²) in [5, 5.41) is 3.36. The second-order valence-electron chi connectivity index (χ2n) is 4.56. The lowest BCUT2D eigenvalue weighted by atomic mass is 10.1. The van der Waals surface area contributed by atoms with Crippen LogP contribution in [0.25, 0.3) is 11.3 Å². The lowest BCUT2D eigenvalue weighted by Crippen LogP contribution is -2.15. The highest BCUT2D eigenvalue weighted by molar-refractivity contribution is 5.59. The summed E-state index contributed by atoms with van der Waals surface area (Å²) < 4.78 is 14.0. The van der Waals surface area contributed by atoms with E-state index in [1.165, 1.54) is 12.8 Å². The van der Waals surface area contributed by atoms with Gasteiger partial charge in [-0.3, -0.25) is 9.97 Å². The predicted molar refractivity (Wildman–Crippen MR) is 67.3 cm³/mol. The molecule has 3 nitrogen and oxygen atoms in total. The van der Waals surface area contributed by atoms with Gasteiger partial charge in [-0.15, -0.1) is 0 Å². The topological polar surface area (TPSA) is 37.8 Å². The van der Waals surface area contributed by atoms with E-state index in [1.807, 2.05) is 6.07 Å². The lowest BCUT2D eigenvalue weighted by Gasteiger charge is -2.06. The smallest absolute Gasteiger partial charge is 0.132 e. The van der Waals surface area contributed by atoms with Gasteiger partial charge in [-0.05, 0) is 30.5 Å². The molecule has 0 aliphatic heterocycles. The molecule has 0 unspecified atom stereocenters. The molecule has 4 heteroatoms. The van der Waals surface area contributed by atoms with Crippen molar-refractivity contribution in [3.63, 3.8) is 0 Å². The van der Waals surface area contributed by atoms with Gasteiger partial charge in [0.1, 0.15) is 5.82 Å². The van der Waals surface area contributed by atoms with Gasteiger partial charge in [0.05, 0.1) is 11.9 Å². The first-order valence-corrected chi connectivity index (χ1v) is 6.11. The first kappa shape index (κ1) is 11.3. The molecular formula is C14H14FN3. The largest absolute Gasteiger partial charge is 0.310 e. The van der Waals surface area contributed by atoms with Crippen LogP contribution in [0.4, 0.5) is 4.39 Å². The van der Waals surface area contributed by atoms with Gasteiger partial charge in [-0.25, -0.2) is 4.39 Å². The maximum Gasteiger partial charge on any atom is 0.132 e. The van der Waals surface area contributed by atoms with Crippen molar-refractivity contribution in [2.24, 2.45) is 0 Å². The average molecular weight is 243 g/mol. The number of nitrogens with one attached hydrogen (secondary N) is 1. The minimum atomic E-state index is -0.245. The summed E-state index contributed by atoms with van der Waals surface area (Å²) in [7, 11) is 0. The SMILES string of the molecule is Fc1cc(CNC2CC2)ccc1-c1cnccn1. The molecule has 0 saturated heterocycles. The summed E-state index contributed by atoms with van der Waals surface area (Å²) in [6.07, 6.45) is 7.19. The zero-order chi connectivity index (χ0) is 12.4. The Balaban J connectivity index is 1.80. The van der Waals surface area contributed by atoms with Crippen LogP contribution in [0.3, 0.4) is 0 Å². The van der Waals surface area contributed by atoms with Crippen molar-refractivity contribution in [3.8, 4) is 11.3 Å². The first-order chi connectivity index (χ1) is 8.83. The van der Waals surface area contributed by atoms with E-state index < -0.39 is 0 Å². The second-order valence-corrected chi connectivity index (χ2v) is 4.56. The molecule has 1 aromatic carbocycles. The Labute approximate surface area is 105 Å². The fourth-order valence-corrected chi connectivity index (χ4v) is 1.86. The number of halogens is 1. The Hall–Kier alpha value is -1.81. The van der Waals surface area contributed by atoms with Crippen molar-refractivity contribution in [1.82, 2.24) is 15.3 Å². The molecule has 1 fully saturated rings. The van der Waals surface area contributed by atoms with Gasteiger partial charge in [0.15, 0.2) is 0 Å². The molecule has 1 aliphatic rings. The van der Waals surface area contributed by atoms with Crippen LogP contribution in [0.15, 0.2) is 36.8 Å². The molecule has 2 aromatic rings. The van der Waals surface area contributed by atoms with E-state index in [0.717, 1.165) is 12.1 Å². The standard InChI is InChI=1S/C14H14FN3/c15-13-7-10(8-18-11-2-3-11)1-4-12(13)14-9-16-5-6-17-14/h1,4-7,9,11,18H,2-3,8H2. The number of aromatic nitrogens is 2. The highest BCUT2D eigenvalue weighted by atomic mass is 19.1. The molecule has 18 heavy (non-hydrogen) atoms. The van der Waals surface area contributed by atoms with Crippen LogP contribution < -0.4 is 5.32 Å². The minimum absolute atomic E-state index is 0.245. The molecule has 1 heterocycles. The lowest BCUT2D eigenvalue weighted by molar-refractivity contribution is 0.622. The average Bonchev–Trinajstić information content (AvgIpc) is 3.21. The fourth-order valence-electron chi connectivity index (χ4n) is 1.86. The van der Waals surface area contributed by atoms with Crippen LogP contribution in [-0.2, 0) is 6.54 Å². The quantitative estimate of drug-likeness (QED) is 0.896. The number of rotatable bonds is 4. The normalized spacial score (nSPS) is 14.7. The third-order valence-corrected chi connectivity index (χ3v) is 3.04. The Morgan fingerprint density at radius 2 is 2.17 bits per heavy atom. The van der Waals surface area contributed by atoms with Crippen molar-refractivity contribution < 1.29 is 4.39 Å². The molecule has 0 spiro atoms. The predicted octanol–water partition coefficient (Wildman–Crippen LogP) is 2.53. The Bertz CT molecular complexity index is 538. The number of nitrogens with zero attached hydrogens (tertiary/aromatic N) is 2. The van der Waals surface area contributed by atoms with Crippen molar-refractivity contribution >= 4 is 0 Å². The molecule has 0 amide bonds. The maximum absolute atomic E-state index is 14.0. The van der Waals surface area contributed by atoms with E-state index >= 15 is 0 Å². The van der Waals surface area contributed by atoms with Gasteiger partial charge >= 0.3 is 0 Å². The third kappa shape index (κ3) is 2.54. The molecule has 1 N–H and O–H groups in total. The first-order valence-electron chi connectivity index (χ1n) is 6.11. The van der Waals surface area contributed by atoms with Crippen LogP contribution in [0.2, 0.25) is 0 Å². The summed E-state index contributed by atoms with van der Waals surface area (Å²) in [6, 6.07) is 5.90. The number of benzene rings is 1. The highest BCUT2D eigenvalue weighted by Crippen LogP contribution is 2.22. The van der Waals surface area contributed by atoms with Gasteiger partial charge < -0.3 is 5.32 Å². The van der Waals surface area contributed by atoms with Crippen molar-refractivity contribution in [2.75, 3.05) is 0 Å². The molecule has 1 aromatic heterocycles. The Morgan fingerprint density at radius 3 is 2.83 bits per heavy atom. The molecule has 1 saturated carbocycles. The van der Waals surface area contributed by atoms with E-state index in [2.05, 4.69) is 15.3 Å². The van der Waals surface area contributed by atoms with Crippen LogP contribution in [0.1, 0.15) is 18.4 Å². The second kappa shape index (κ2) is 4.82. The van der Waals surface area contributed by atoms with Crippen molar-refractivity contribution in [1.29, 1.82) is 0 Å². The van der Waals surface area contributed by atoms with Crippen LogP contribution in [0, 0.1) is 5.82 Å². The monoisotopic (exact) mass is 243 g/mol. The summed E-state index contributed by atoms with van der Waals surface area (Å²) in [5.74, 6) is -0.245. The van der Waals surface area contributed by atoms with Gasteiger partial charge in [-0.2, -0.15) is 0 Å². The van der Waals surface area contributed by atoms with E-state index in [9.17, 15) is 4.39 Å². The minimum Gasteiger partial charge on any atom is -0.310 e. The van der Waals surface area contributed by atoms with Crippen LogP contribution in [-0.4, -0.2) is 16.0 Å². The molecule has 0 atom stereocenters. The zero-order valence-corrected chi connectivity index (χ0v) is 9.94.